The van der Waals surface area contributed by atoms with Gasteiger partial charge in [-0.1, -0.05) is 236 Å². The zero-order valence-electron chi connectivity index (χ0n) is 41.6. The smallest absolute Gasteiger partial charge is 0.306 e. The number of carbonyl (C=O) groups is 3. The quantitative estimate of drug-likeness (QED) is 0.0199. The number of rotatable bonds is 48. The monoisotopic (exact) mass is 881 g/mol. The molecule has 0 N–H and O–H groups in total. The number of hydrogen-bond donors (Lipinski definition) is 0. The van der Waals surface area contributed by atoms with Crippen LogP contribution in [0.15, 0.2) is 60.8 Å². The van der Waals surface area contributed by atoms with Gasteiger partial charge in [-0.05, 0) is 70.6 Å². The van der Waals surface area contributed by atoms with Crippen molar-refractivity contribution in [2.45, 2.75) is 271 Å². The summed E-state index contributed by atoms with van der Waals surface area (Å²) < 4.78 is 16.8. The highest BCUT2D eigenvalue weighted by Gasteiger charge is 2.19. The molecule has 0 aromatic rings. The number of unbranched alkanes of at least 4 members (excludes halogenated alkanes) is 29. The van der Waals surface area contributed by atoms with Gasteiger partial charge in [-0.15, -0.1) is 0 Å². The Morgan fingerprint density at radius 3 is 1.11 bits per heavy atom. The lowest BCUT2D eigenvalue weighted by Crippen LogP contribution is -2.30. The predicted molar refractivity (Wildman–Crippen MR) is 270 cm³/mol. The molecule has 0 amide bonds. The van der Waals surface area contributed by atoms with Crippen molar-refractivity contribution in [3.63, 3.8) is 0 Å². The Morgan fingerprint density at radius 1 is 0.349 bits per heavy atom. The summed E-state index contributed by atoms with van der Waals surface area (Å²) in [6.07, 6.45) is 63.4. The lowest BCUT2D eigenvalue weighted by Gasteiger charge is -2.18. The van der Waals surface area contributed by atoms with E-state index in [1.807, 2.05) is 0 Å². The highest BCUT2D eigenvalue weighted by molar-refractivity contribution is 5.71. The Morgan fingerprint density at radius 2 is 0.683 bits per heavy atom. The number of hydrogen-bond acceptors (Lipinski definition) is 6. The van der Waals surface area contributed by atoms with Gasteiger partial charge in [0, 0.05) is 19.3 Å². The highest BCUT2D eigenvalue weighted by atomic mass is 16.6. The van der Waals surface area contributed by atoms with Gasteiger partial charge >= 0.3 is 17.9 Å². The molecule has 0 radical (unpaired) electrons. The Bertz CT molecular complexity index is 1150. The molecule has 0 aromatic heterocycles. The molecular formula is C57H100O6. The first-order chi connectivity index (χ1) is 31.0. The van der Waals surface area contributed by atoms with E-state index in [0.29, 0.717) is 19.3 Å². The van der Waals surface area contributed by atoms with E-state index in [2.05, 4.69) is 81.5 Å². The molecule has 1 unspecified atom stereocenters. The first-order valence-electron chi connectivity index (χ1n) is 26.8. The third kappa shape index (κ3) is 50.0. The zero-order valence-corrected chi connectivity index (χ0v) is 41.6. The fraction of sp³-hybridized carbons (Fsp3) is 0.772. The van der Waals surface area contributed by atoms with Gasteiger partial charge in [0.1, 0.15) is 13.2 Å². The molecule has 0 heterocycles. The molecule has 63 heavy (non-hydrogen) atoms. The lowest BCUT2D eigenvalue weighted by atomic mass is 10.0. The van der Waals surface area contributed by atoms with Crippen molar-refractivity contribution >= 4 is 17.9 Å². The molecule has 0 saturated carbocycles. The van der Waals surface area contributed by atoms with Gasteiger partial charge in [-0.2, -0.15) is 0 Å². The number of carbonyl (C=O) groups excluding carboxylic acids is 3. The minimum Gasteiger partial charge on any atom is -0.462 e. The van der Waals surface area contributed by atoms with Gasteiger partial charge in [-0.3, -0.25) is 14.4 Å². The number of esters is 3. The van der Waals surface area contributed by atoms with Gasteiger partial charge in [0.15, 0.2) is 6.10 Å². The molecule has 0 spiro atoms. The molecule has 0 rings (SSSR count). The van der Waals surface area contributed by atoms with E-state index in [4.69, 9.17) is 14.2 Å². The van der Waals surface area contributed by atoms with Gasteiger partial charge in [-0.25, -0.2) is 0 Å². The molecular weight excluding hydrogens is 781 g/mol. The van der Waals surface area contributed by atoms with Gasteiger partial charge in [0.05, 0.1) is 0 Å². The van der Waals surface area contributed by atoms with Crippen molar-refractivity contribution in [2.75, 3.05) is 13.2 Å². The molecule has 6 nitrogen and oxygen atoms in total. The molecule has 364 valence electrons. The first kappa shape index (κ1) is 60.1. The molecule has 0 aliphatic carbocycles. The van der Waals surface area contributed by atoms with E-state index < -0.39 is 6.10 Å². The van der Waals surface area contributed by atoms with Crippen molar-refractivity contribution in [1.82, 2.24) is 0 Å². The Hall–Kier alpha value is -2.89. The Labute approximate surface area is 390 Å². The molecule has 6 heteroatoms. The van der Waals surface area contributed by atoms with Crippen molar-refractivity contribution in [3.05, 3.63) is 60.8 Å². The van der Waals surface area contributed by atoms with Gasteiger partial charge < -0.3 is 14.2 Å². The second-order valence-electron chi connectivity index (χ2n) is 17.8. The van der Waals surface area contributed by atoms with E-state index in [-0.39, 0.29) is 31.1 Å². The summed E-state index contributed by atoms with van der Waals surface area (Å²) in [7, 11) is 0. The average molecular weight is 881 g/mol. The number of allylic oxidation sites excluding steroid dienone is 10. The summed E-state index contributed by atoms with van der Waals surface area (Å²) in [6.45, 7) is 6.47. The van der Waals surface area contributed by atoms with Crippen LogP contribution in [0.1, 0.15) is 265 Å². The average Bonchev–Trinajstić information content (AvgIpc) is 3.28. The van der Waals surface area contributed by atoms with Crippen LogP contribution in [-0.2, 0) is 28.6 Å². The van der Waals surface area contributed by atoms with Crippen LogP contribution in [0.3, 0.4) is 0 Å². The third-order valence-corrected chi connectivity index (χ3v) is 11.6. The molecule has 0 bridgehead atoms. The zero-order chi connectivity index (χ0) is 45.8. The topological polar surface area (TPSA) is 78.9 Å². The van der Waals surface area contributed by atoms with Crippen molar-refractivity contribution in [2.24, 2.45) is 0 Å². The first-order valence-corrected chi connectivity index (χ1v) is 26.8. The largest absolute Gasteiger partial charge is 0.462 e. The van der Waals surface area contributed by atoms with Crippen LogP contribution in [0.5, 0.6) is 0 Å². The van der Waals surface area contributed by atoms with E-state index >= 15 is 0 Å². The molecule has 1 atom stereocenters. The van der Waals surface area contributed by atoms with Crippen molar-refractivity contribution in [3.8, 4) is 0 Å². The summed E-state index contributed by atoms with van der Waals surface area (Å²) in [5.74, 6) is -0.903. The van der Waals surface area contributed by atoms with Crippen LogP contribution in [0.25, 0.3) is 0 Å². The van der Waals surface area contributed by atoms with Crippen LogP contribution in [0.4, 0.5) is 0 Å². The van der Waals surface area contributed by atoms with Crippen LogP contribution in [0.2, 0.25) is 0 Å². The van der Waals surface area contributed by atoms with Crippen LogP contribution >= 0.6 is 0 Å². The summed E-state index contributed by atoms with van der Waals surface area (Å²) in [5, 5.41) is 0. The Kier molecular flexibility index (Phi) is 49.4. The molecule has 0 saturated heterocycles. The van der Waals surface area contributed by atoms with Crippen LogP contribution < -0.4 is 0 Å². The summed E-state index contributed by atoms with van der Waals surface area (Å²) >= 11 is 0. The maximum atomic E-state index is 12.8. The van der Waals surface area contributed by atoms with Crippen LogP contribution in [0, 0.1) is 0 Å². The molecule has 0 aliphatic rings. The lowest BCUT2D eigenvalue weighted by molar-refractivity contribution is -0.167. The van der Waals surface area contributed by atoms with E-state index in [0.717, 1.165) is 96.3 Å². The summed E-state index contributed by atoms with van der Waals surface area (Å²) in [4.78, 5) is 38.0. The second kappa shape index (κ2) is 51.7. The minimum atomic E-state index is -0.783. The van der Waals surface area contributed by atoms with Gasteiger partial charge in [0.2, 0.25) is 0 Å². The fourth-order valence-corrected chi connectivity index (χ4v) is 7.53. The maximum Gasteiger partial charge on any atom is 0.306 e. The summed E-state index contributed by atoms with van der Waals surface area (Å²) in [5.41, 5.74) is 0. The number of ether oxygens (including phenoxy) is 3. The fourth-order valence-electron chi connectivity index (χ4n) is 7.53. The molecule has 0 fully saturated rings. The standard InChI is InChI=1S/C57H100O6/c1-4-7-10-13-16-19-22-25-27-28-30-32-35-38-41-44-47-50-56(59)62-53-54(52-61-55(58)49-46-43-40-37-34-31-24-21-18-15-12-9-6-3)63-57(60)51-48-45-42-39-36-33-29-26-23-20-17-14-11-8-5-2/h9,12,15-16,18-19,21,24-25,27,54H,4-8,10-11,13-14,17,20,22-23,26,28-53H2,1-3H3/b12-9-,18-15-,19-16-,24-21-,27-25-. The summed E-state index contributed by atoms with van der Waals surface area (Å²) in [6, 6.07) is 0. The predicted octanol–water partition coefficient (Wildman–Crippen LogP) is 17.6. The molecule has 0 aromatic carbocycles. The van der Waals surface area contributed by atoms with E-state index in [1.54, 1.807) is 0 Å². The molecule has 0 aliphatic heterocycles. The van der Waals surface area contributed by atoms with Crippen molar-refractivity contribution in [1.29, 1.82) is 0 Å². The maximum absolute atomic E-state index is 12.8. The normalized spacial score (nSPS) is 12.5. The van der Waals surface area contributed by atoms with Gasteiger partial charge in [0.25, 0.3) is 0 Å². The highest BCUT2D eigenvalue weighted by Crippen LogP contribution is 2.16. The van der Waals surface area contributed by atoms with E-state index in [9.17, 15) is 14.4 Å². The SMILES string of the molecule is CC\C=C/C=C\C=C/CCCCCCCC(=O)OCC(COC(=O)CCCCCCCCC/C=C\C/C=C\CCCCC)OC(=O)CCCCCCCCCCCCCCCCC. The second-order valence-corrected chi connectivity index (χ2v) is 17.8. The minimum absolute atomic E-state index is 0.0833. The van der Waals surface area contributed by atoms with Crippen LogP contribution in [-0.4, -0.2) is 37.2 Å². The Balaban J connectivity index is 4.39. The van der Waals surface area contributed by atoms with E-state index in [1.165, 1.54) is 128 Å². The van der Waals surface area contributed by atoms with Crippen molar-refractivity contribution < 1.29 is 28.6 Å². The third-order valence-electron chi connectivity index (χ3n) is 11.6.